The molecule has 2 aromatic heterocycles. The van der Waals surface area contributed by atoms with Gasteiger partial charge in [-0.25, -0.2) is 0 Å². The minimum Gasteiger partial charge on any atom is -0.316 e. The fourth-order valence-corrected chi connectivity index (χ4v) is 4.89. The average molecular weight is 488 g/mol. The van der Waals surface area contributed by atoms with Gasteiger partial charge in [0, 0.05) is 17.1 Å². The number of thioether (sulfide) groups is 1. The second kappa shape index (κ2) is 12.6. The molecule has 0 atom stereocenters. The Morgan fingerprint density at radius 3 is 2.66 bits per heavy atom. The van der Waals surface area contributed by atoms with Crippen molar-refractivity contribution in [3.8, 4) is 17.5 Å². The van der Waals surface area contributed by atoms with Crippen molar-refractivity contribution < 1.29 is 4.79 Å². The van der Waals surface area contributed by atoms with Crippen LogP contribution < -0.4 is 5.32 Å². The van der Waals surface area contributed by atoms with Crippen LogP contribution in [0.5, 0.6) is 0 Å². The predicted octanol–water partition coefficient (Wildman–Crippen LogP) is 6.62. The summed E-state index contributed by atoms with van der Waals surface area (Å²) in [6.07, 6.45) is 7.17. The molecule has 3 aromatic rings. The summed E-state index contributed by atoms with van der Waals surface area (Å²) in [5, 5.41) is 24.4. The zero-order chi connectivity index (χ0) is 22.8. The largest absolute Gasteiger partial charge is 0.316 e. The van der Waals surface area contributed by atoms with Gasteiger partial charge in [-0.2, -0.15) is 5.26 Å². The van der Waals surface area contributed by atoms with E-state index in [1.807, 2.05) is 24.3 Å². The summed E-state index contributed by atoms with van der Waals surface area (Å²) in [7, 11) is 0. The van der Waals surface area contributed by atoms with Gasteiger partial charge < -0.3 is 9.88 Å². The van der Waals surface area contributed by atoms with Crippen LogP contribution in [0, 0.1) is 11.3 Å². The summed E-state index contributed by atoms with van der Waals surface area (Å²) >= 11 is 8.74. The van der Waals surface area contributed by atoms with Crippen molar-refractivity contribution in [3.05, 3.63) is 46.3 Å². The Kier molecular flexibility index (Phi) is 9.60. The Hall–Kier alpha value is -2.34. The van der Waals surface area contributed by atoms with Crippen LogP contribution in [0.1, 0.15) is 51.0 Å². The van der Waals surface area contributed by atoms with Gasteiger partial charge in [0.1, 0.15) is 11.1 Å². The third-order valence-corrected chi connectivity index (χ3v) is 6.97. The molecule has 9 heteroatoms. The molecule has 1 N–H and O–H groups in total. The Balaban J connectivity index is 1.67. The van der Waals surface area contributed by atoms with Gasteiger partial charge in [0.15, 0.2) is 11.0 Å². The molecular weight excluding hydrogens is 462 g/mol. The lowest BCUT2D eigenvalue weighted by Crippen LogP contribution is -2.14. The number of benzene rings is 1. The smallest absolute Gasteiger partial charge is 0.235 e. The van der Waals surface area contributed by atoms with Gasteiger partial charge in [-0.3, -0.25) is 4.79 Å². The van der Waals surface area contributed by atoms with Crippen molar-refractivity contribution in [3.63, 3.8) is 0 Å². The van der Waals surface area contributed by atoms with Crippen molar-refractivity contribution in [2.75, 3.05) is 11.1 Å². The molecular formula is C23H26ClN5OS2. The number of amides is 1. The quantitative estimate of drug-likeness (QED) is 0.229. The van der Waals surface area contributed by atoms with E-state index >= 15 is 0 Å². The number of hydrogen-bond donors (Lipinski definition) is 1. The molecule has 0 aliphatic heterocycles. The molecule has 0 spiro atoms. The number of carbonyl (C=O) groups is 1. The first-order valence-electron chi connectivity index (χ1n) is 10.7. The first kappa shape index (κ1) is 24.3. The molecule has 0 aliphatic carbocycles. The monoisotopic (exact) mass is 487 g/mol. The number of aromatic nitrogens is 3. The maximum atomic E-state index is 12.4. The van der Waals surface area contributed by atoms with Crippen LogP contribution in [-0.4, -0.2) is 26.4 Å². The minimum absolute atomic E-state index is 0.170. The Bertz CT molecular complexity index is 1060. The van der Waals surface area contributed by atoms with Crippen LogP contribution in [0.15, 0.2) is 40.9 Å². The van der Waals surface area contributed by atoms with Gasteiger partial charge in [0.2, 0.25) is 5.91 Å². The molecule has 2 heterocycles. The summed E-state index contributed by atoms with van der Waals surface area (Å²) in [4.78, 5) is 12.4. The number of nitrogens with zero attached hydrogens (tertiary/aromatic N) is 4. The van der Waals surface area contributed by atoms with Crippen molar-refractivity contribution in [2.45, 2.75) is 57.1 Å². The summed E-state index contributed by atoms with van der Waals surface area (Å²) in [5.74, 6) is 0.803. The number of halogens is 1. The van der Waals surface area contributed by atoms with E-state index in [2.05, 4.69) is 33.1 Å². The first-order valence-corrected chi connectivity index (χ1v) is 13.0. The third kappa shape index (κ3) is 6.83. The van der Waals surface area contributed by atoms with E-state index in [1.165, 1.54) is 48.8 Å². The third-order valence-electron chi connectivity index (χ3n) is 4.93. The van der Waals surface area contributed by atoms with Gasteiger partial charge >= 0.3 is 0 Å². The maximum absolute atomic E-state index is 12.4. The van der Waals surface area contributed by atoms with Gasteiger partial charge in [-0.05, 0) is 42.1 Å². The topological polar surface area (TPSA) is 83.6 Å². The number of thiophene rings is 1. The highest BCUT2D eigenvalue weighted by atomic mass is 35.5. The molecule has 0 saturated heterocycles. The number of rotatable bonds is 12. The molecule has 168 valence electrons. The number of nitriles is 1. The number of hydrogen-bond acceptors (Lipinski definition) is 6. The average Bonchev–Trinajstić information content (AvgIpc) is 3.41. The molecule has 1 aromatic carbocycles. The molecule has 32 heavy (non-hydrogen) atoms. The highest BCUT2D eigenvalue weighted by Crippen LogP contribution is 2.27. The summed E-state index contributed by atoms with van der Waals surface area (Å²) in [6.45, 7) is 3.01. The first-order chi connectivity index (χ1) is 15.6. The number of carbonyl (C=O) groups excluding carboxylic acids is 1. The standard InChI is InChI=1S/C23H26ClN5OS2/c1-2-3-4-5-6-7-13-29-21(17-8-10-19(24)11-9-17)27-28-23(29)32-16-20(30)26-22-18(15-25)12-14-31-22/h8-12,14H,2-7,13,16H2,1H3,(H,26,30). The molecule has 0 fully saturated rings. The molecule has 0 aliphatic rings. The van der Waals surface area contributed by atoms with Gasteiger partial charge in [0.25, 0.3) is 0 Å². The fourth-order valence-electron chi connectivity index (χ4n) is 3.25. The van der Waals surface area contributed by atoms with Crippen LogP contribution in [0.4, 0.5) is 5.00 Å². The molecule has 6 nitrogen and oxygen atoms in total. The van der Waals surface area contributed by atoms with E-state index in [0.717, 1.165) is 30.8 Å². The lowest BCUT2D eigenvalue weighted by Gasteiger charge is -2.10. The van der Waals surface area contributed by atoms with Crippen molar-refractivity contribution in [1.82, 2.24) is 14.8 Å². The van der Waals surface area contributed by atoms with E-state index in [4.69, 9.17) is 16.9 Å². The predicted molar refractivity (Wildman–Crippen MR) is 132 cm³/mol. The molecule has 0 radical (unpaired) electrons. The van der Waals surface area contributed by atoms with Gasteiger partial charge in [-0.15, -0.1) is 21.5 Å². The Morgan fingerprint density at radius 2 is 1.91 bits per heavy atom. The lowest BCUT2D eigenvalue weighted by atomic mass is 10.1. The molecule has 0 unspecified atom stereocenters. The summed E-state index contributed by atoms with van der Waals surface area (Å²) in [6, 6.07) is 11.3. The van der Waals surface area contributed by atoms with Crippen molar-refractivity contribution >= 4 is 45.6 Å². The number of nitrogens with one attached hydrogen (secondary N) is 1. The van der Waals surface area contributed by atoms with Crippen LogP contribution >= 0.6 is 34.7 Å². The van der Waals surface area contributed by atoms with E-state index in [1.54, 1.807) is 11.4 Å². The molecule has 0 saturated carbocycles. The number of unbranched alkanes of at least 4 members (excludes halogenated alkanes) is 5. The van der Waals surface area contributed by atoms with Crippen LogP contribution in [0.3, 0.4) is 0 Å². The lowest BCUT2D eigenvalue weighted by molar-refractivity contribution is -0.113. The highest BCUT2D eigenvalue weighted by Gasteiger charge is 2.16. The second-order valence-electron chi connectivity index (χ2n) is 7.34. The van der Waals surface area contributed by atoms with Crippen LogP contribution in [-0.2, 0) is 11.3 Å². The summed E-state index contributed by atoms with van der Waals surface area (Å²) in [5.41, 5.74) is 1.42. The van der Waals surface area contributed by atoms with E-state index < -0.39 is 0 Å². The minimum atomic E-state index is -0.170. The number of anilines is 1. The molecule has 3 rings (SSSR count). The second-order valence-corrected chi connectivity index (χ2v) is 9.64. The van der Waals surface area contributed by atoms with Crippen LogP contribution in [0.25, 0.3) is 11.4 Å². The SMILES string of the molecule is CCCCCCCCn1c(SCC(=O)Nc2sccc2C#N)nnc1-c1ccc(Cl)cc1. The zero-order valence-corrected chi connectivity index (χ0v) is 20.4. The normalized spacial score (nSPS) is 10.8. The highest BCUT2D eigenvalue weighted by molar-refractivity contribution is 7.99. The van der Waals surface area contributed by atoms with E-state index in [-0.39, 0.29) is 11.7 Å². The van der Waals surface area contributed by atoms with E-state index in [0.29, 0.717) is 20.7 Å². The zero-order valence-electron chi connectivity index (χ0n) is 18.0. The van der Waals surface area contributed by atoms with Crippen molar-refractivity contribution in [2.24, 2.45) is 0 Å². The Labute approximate surface area is 202 Å². The van der Waals surface area contributed by atoms with Gasteiger partial charge in [0.05, 0.1) is 11.3 Å². The molecule has 0 bridgehead atoms. The maximum Gasteiger partial charge on any atom is 0.235 e. The fraction of sp³-hybridized carbons (Fsp3) is 0.391. The van der Waals surface area contributed by atoms with E-state index in [9.17, 15) is 4.79 Å². The van der Waals surface area contributed by atoms with Gasteiger partial charge in [-0.1, -0.05) is 62.4 Å². The molecule has 1 amide bonds. The summed E-state index contributed by atoms with van der Waals surface area (Å²) < 4.78 is 2.09. The van der Waals surface area contributed by atoms with Crippen molar-refractivity contribution in [1.29, 1.82) is 5.26 Å². The van der Waals surface area contributed by atoms with Crippen LogP contribution in [0.2, 0.25) is 5.02 Å². The Morgan fingerprint density at radius 1 is 1.16 bits per heavy atom.